The zero-order valence-electron chi connectivity index (χ0n) is 11.1. The highest BCUT2D eigenvalue weighted by atomic mass is 16.5. The van der Waals surface area contributed by atoms with Crippen LogP contribution in [0.1, 0.15) is 31.7 Å². The summed E-state index contributed by atoms with van der Waals surface area (Å²) in [5.74, 6) is 0. The highest BCUT2D eigenvalue weighted by Gasteiger charge is 2.05. The van der Waals surface area contributed by atoms with E-state index < -0.39 is 0 Å². The van der Waals surface area contributed by atoms with Crippen LogP contribution in [-0.4, -0.2) is 26.3 Å². The largest absolute Gasteiger partial charge is 0.382 e. The number of rotatable bonds is 9. The van der Waals surface area contributed by atoms with Crippen LogP contribution in [0.4, 0.5) is 0 Å². The molecule has 1 unspecified atom stereocenters. The minimum absolute atomic E-state index is 0.607. The Balaban J connectivity index is 2.18. The molecule has 2 heteroatoms. The maximum absolute atomic E-state index is 5.36. The molecule has 0 saturated heterocycles. The smallest absolute Gasteiger partial charge is 0.0466 e. The molecule has 0 aliphatic rings. The summed E-state index contributed by atoms with van der Waals surface area (Å²) >= 11 is 0. The van der Waals surface area contributed by atoms with E-state index in [4.69, 9.17) is 4.74 Å². The van der Waals surface area contributed by atoms with E-state index in [9.17, 15) is 0 Å². The molecule has 0 fully saturated rings. The molecule has 2 nitrogen and oxygen atoms in total. The van der Waals surface area contributed by atoms with Gasteiger partial charge in [-0.2, -0.15) is 0 Å². The Morgan fingerprint density at radius 2 is 1.94 bits per heavy atom. The van der Waals surface area contributed by atoms with Crippen molar-refractivity contribution in [2.45, 2.75) is 38.6 Å². The molecule has 1 N–H and O–H groups in total. The summed E-state index contributed by atoms with van der Waals surface area (Å²) in [5, 5.41) is 3.39. The average Bonchev–Trinajstić information content (AvgIpc) is 2.39. The van der Waals surface area contributed by atoms with E-state index in [0.29, 0.717) is 6.04 Å². The molecular formula is C15H25NO. The topological polar surface area (TPSA) is 21.3 Å². The number of benzene rings is 1. The molecule has 0 bridgehead atoms. The summed E-state index contributed by atoms with van der Waals surface area (Å²) < 4.78 is 5.36. The second-order valence-electron chi connectivity index (χ2n) is 4.35. The number of ether oxygens (including phenoxy) is 1. The predicted octanol–water partition coefficient (Wildman–Crippen LogP) is 3.02. The van der Waals surface area contributed by atoms with Crippen molar-refractivity contribution in [3.8, 4) is 0 Å². The van der Waals surface area contributed by atoms with Gasteiger partial charge in [-0.1, -0.05) is 30.3 Å². The van der Waals surface area contributed by atoms with Gasteiger partial charge in [0.25, 0.3) is 0 Å². The Labute approximate surface area is 105 Å². The highest BCUT2D eigenvalue weighted by Crippen LogP contribution is 2.08. The standard InChI is InChI=1S/C15H25NO/c1-3-17-13-7-10-15(16-2)12-11-14-8-5-4-6-9-14/h4-6,8-9,15-16H,3,7,10-13H2,1-2H3. The van der Waals surface area contributed by atoms with Gasteiger partial charge in [0, 0.05) is 19.3 Å². The van der Waals surface area contributed by atoms with Crippen LogP contribution in [0.3, 0.4) is 0 Å². The van der Waals surface area contributed by atoms with Crippen LogP contribution in [0.15, 0.2) is 30.3 Å². The SMILES string of the molecule is CCOCCCC(CCc1ccccc1)NC. The van der Waals surface area contributed by atoms with E-state index in [1.54, 1.807) is 0 Å². The lowest BCUT2D eigenvalue weighted by Crippen LogP contribution is -2.26. The molecule has 0 heterocycles. The minimum Gasteiger partial charge on any atom is -0.382 e. The molecule has 17 heavy (non-hydrogen) atoms. The fourth-order valence-electron chi connectivity index (χ4n) is 1.99. The van der Waals surface area contributed by atoms with Crippen LogP contribution in [0.5, 0.6) is 0 Å². The van der Waals surface area contributed by atoms with Crippen molar-refractivity contribution in [2.75, 3.05) is 20.3 Å². The number of aryl methyl sites for hydroxylation is 1. The average molecular weight is 235 g/mol. The van der Waals surface area contributed by atoms with Crippen LogP contribution in [0.2, 0.25) is 0 Å². The van der Waals surface area contributed by atoms with Crippen LogP contribution in [-0.2, 0) is 11.2 Å². The van der Waals surface area contributed by atoms with Gasteiger partial charge in [0.15, 0.2) is 0 Å². The Morgan fingerprint density at radius 1 is 1.18 bits per heavy atom. The van der Waals surface area contributed by atoms with Gasteiger partial charge in [-0.25, -0.2) is 0 Å². The zero-order chi connectivity index (χ0) is 12.3. The third-order valence-corrected chi connectivity index (χ3v) is 3.08. The van der Waals surface area contributed by atoms with Gasteiger partial charge < -0.3 is 10.1 Å². The van der Waals surface area contributed by atoms with Crippen molar-refractivity contribution in [1.29, 1.82) is 0 Å². The van der Waals surface area contributed by atoms with Crippen molar-refractivity contribution in [3.05, 3.63) is 35.9 Å². The summed E-state index contributed by atoms with van der Waals surface area (Å²) in [4.78, 5) is 0. The Kier molecular flexibility index (Phi) is 7.69. The van der Waals surface area contributed by atoms with E-state index in [1.165, 1.54) is 18.4 Å². The van der Waals surface area contributed by atoms with Gasteiger partial charge >= 0.3 is 0 Å². The maximum Gasteiger partial charge on any atom is 0.0466 e. The fourth-order valence-corrected chi connectivity index (χ4v) is 1.99. The Bertz CT molecular complexity index is 274. The van der Waals surface area contributed by atoms with Gasteiger partial charge in [0.2, 0.25) is 0 Å². The molecular weight excluding hydrogens is 210 g/mol. The van der Waals surface area contributed by atoms with Gasteiger partial charge in [0.1, 0.15) is 0 Å². The maximum atomic E-state index is 5.36. The molecule has 1 aromatic carbocycles. The second kappa shape index (κ2) is 9.20. The lowest BCUT2D eigenvalue weighted by Gasteiger charge is -2.15. The van der Waals surface area contributed by atoms with Crippen molar-refractivity contribution >= 4 is 0 Å². The first kappa shape index (κ1) is 14.2. The van der Waals surface area contributed by atoms with Crippen molar-refractivity contribution in [1.82, 2.24) is 5.32 Å². The third-order valence-electron chi connectivity index (χ3n) is 3.08. The zero-order valence-corrected chi connectivity index (χ0v) is 11.1. The molecule has 0 aromatic heterocycles. The molecule has 0 aliphatic heterocycles. The number of hydrogen-bond acceptors (Lipinski definition) is 2. The molecule has 0 amide bonds. The van der Waals surface area contributed by atoms with E-state index in [2.05, 4.69) is 42.7 Å². The van der Waals surface area contributed by atoms with Crippen molar-refractivity contribution in [2.24, 2.45) is 0 Å². The third kappa shape index (κ3) is 6.44. The van der Waals surface area contributed by atoms with Crippen LogP contribution in [0, 0.1) is 0 Å². The normalized spacial score (nSPS) is 12.6. The lowest BCUT2D eigenvalue weighted by atomic mass is 10.0. The number of nitrogens with one attached hydrogen (secondary N) is 1. The Hall–Kier alpha value is -0.860. The monoisotopic (exact) mass is 235 g/mol. The molecule has 0 spiro atoms. The quantitative estimate of drug-likeness (QED) is 0.664. The summed E-state index contributed by atoms with van der Waals surface area (Å²) in [6, 6.07) is 11.3. The first-order valence-corrected chi connectivity index (χ1v) is 6.65. The number of hydrogen-bond donors (Lipinski definition) is 1. The summed E-state index contributed by atoms with van der Waals surface area (Å²) in [5.41, 5.74) is 1.43. The minimum atomic E-state index is 0.607. The molecule has 96 valence electrons. The lowest BCUT2D eigenvalue weighted by molar-refractivity contribution is 0.140. The molecule has 0 radical (unpaired) electrons. The molecule has 0 aliphatic carbocycles. The predicted molar refractivity (Wildman–Crippen MR) is 73.3 cm³/mol. The summed E-state index contributed by atoms with van der Waals surface area (Å²) in [6.07, 6.45) is 4.70. The molecule has 0 saturated carbocycles. The summed E-state index contributed by atoms with van der Waals surface area (Å²) in [6.45, 7) is 3.76. The van der Waals surface area contributed by atoms with Crippen LogP contribution < -0.4 is 5.32 Å². The first-order valence-electron chi connectivity index (χ1n) is 6.65. The first-order chi connectivity index (χ1) is 8.36. The Morgan fingerprint density at radius 3 is 2.59 bits per heavy atom. The van der Waals surface area contributed by atoms with E-state index in [-0.39, 0.29) is 0 Å². The molecule has 1 aromatic rings. The van der Waals surface area contributed by atoms with Gasteiger partial charge in [-0.05, 0) is 45.2 Å². The fraction of sp³-hybridized carbons (Fsp3) is 0.600. The van der Waals surface area contributed by atoms with Crippen molar-refractivity contribution < 1.29 is 4.74 Å². The summed E-state index contributed by atoms with van der Waals surface area (Å²) in [7, 11) is 2.05. The van der Waals surface area contributed by atoms with Crippen LogP contribution >= 0.6 is 0 Å². The van der Waals surface area contributed by atoms with Crippen LogP contribution in [0.25, 0.3) is 0 Å². The van der Waals surface area contributed by atoms with E-state index in [0.717, 1.165) is 26.1 Å². The second-order valence-corrected chi connectivity index (χ2v) is 4.35. The highest BCUT2D eigenvalue weighted by molar-refractivity contribution is 5.14. The van der Waals surface area contributed by atoms with E-state index >= 15 is 0 Å². The van der Waals surface area contributed by atoms with E-state index in [1.807, 2.05) is 6.92 Å². The molecule has 1 rings (SSSR count). The van der Waals surface area contributed by atoms with Crippen molar-refractivity contribution in [3.63, 3.8) is 0 Å². The van der Waals surface area contributed by atoms with Gasteiger partial charge in [0.05, 0.1) is 0 Å². The van der Waals surface area contributed by atoms with Gasteiger partial charge in [-0.3, -0.25) is 0 Å². The molecule has 1 atom stereocenters. The van der Waals surface area contributed by atoms with Gasteiger partial charge in [-0.15, -0.1) is 0 Å².